The zero-order valence-electron chi connectivity index (χ0n) is 7.03. The number of hydrogen-bond acceptors (Lipinski definition) is 1. The van der Waals surface area contributed by atoms with Gasteiger partial charge in [-0.15, -0.1) is 6.42 Å². The Morgan fingerprint density at radius 1 is 1.46 bits per heavy atom. The van der Waals surface area contributed by atoms with E-state index in [0.717, 1.165) is 11.1 Å². The minimum absolute atomic E-state index is 0.480. The van der Waals surface area contributed by atoms with Crippen LogP contribution in [-0.2, 0) is 4.79 Å². The fourth-order valence-corrected chi connectivity index (χ4v) is 0.946. The summed E-state index contributed by atoms with van der Waals surface area (Å²) in [7, 11) is 0. The molecule has 0 bridgehead atoms. The van der Waals surface area contributed by atoms with Gasteiger partial charge in [0.15, 0.2) is 0 Å². The lowest BCUT2D eigenvalue weighted by Gasteiger charge is -1.95. The first kappa shape index (κ1) is 9.08. The van der Waals surface area contributed by atoms with Crippen LogP contribution in [0.25, 0.3) is 6.08 Å². The molecular weight excluding hydrogens is 162 g/mol. The zero-order valence-corrected chi connectivity index (χ0v) is 7.03. The Kier molecular flexibility index (Phi) is 2.88. The molecule has 0 atom stereocenters. The Hall–Kier alpha value is -2.01. The SMILES string of the molecule is C#Cc1ccccc1C=CC(N)=O. The molecule has 0 saturated heterocycles. The minimum Gasteiger partial charge on any atom is -0.366 e. The van der Waals surface area contributed by atoms with Crippen LogP contribution >= 0.6 is 0 Å². The van der Waals surface area contributed by atoms with Gasteiger partial charge in [0.1, 0.15) is 0 Å². The van der Waals surface area contributed by atoms with Crippen molar-refractivity contribution in [2.45, 2.75) is 0 Å². The van der Waals surface area contributed by atoms with E-state index in [1.54, 1.807) is 12.1 Å². The number of amides is 1. The fraction of sp³-hybridized carbons (Fsp3) is 0. The molecule has 2 heteroatoms. The Bertz CT molecular complexity index is 385. The molecule has 1 rings (SSSR count). The maximum absolute atomic E-state index is 10.5. The molecule has 0 unspecified atom stereocenters. The predicted molar refractivity (Wildman–Crippen MR) is 52.6 cm³/mol. The smallest absolute Gasteiger partial charge is 0.241 e. The van der Waals surface area contributed by atoms with Crippen LogP contribution in [0.1, 0.15) is 11.1 Å². The molecule has 0 fully saturated rings. The predicted octanol–water partition coefficient (Wildman–Crippen LogP) is 1.17. The molecule has 64 valence electrons. The van der Waals surface area contributed by atoms with Crippen LogP contribution in [0.2, 0.25) is 0 Å². The van der Waals surface area contributed by atoms with Crippen molar-refractivity contribution in [3.8, 4) is 12.3 Å². The van der Waals surface area contributed by atoms with E-state index >= 15 is 0 Å². The van der Waals surface area contributed by atoms with Crippen LogP contribution in [0.15, 0.2) is 30.3 Å². The second-order valence-electron chi connectivity index (χ2n) is 2.47. The van der Waals surface area contributed by atoms with Crippen LogP contribution in [0.3, 0.4) is 0 Å². The molecule has 0 aliphatic rings. The number of hydrogen-bond donors (Lipinski definition) is 1. The summed E-state index contributed by atoms with van der Waals surface area (Å²) in [5.41, 5.74) is 6.53. The summed E-state index contributed by atoms with van der Waals surface area (Å²) in [5, 5.41) is 0. The highest BCUT2D eigenvalue weighted by Gasteiger charge is 1.93. The van der Waals surface area contributed by atoms with Gasteiger partial charge >= 0.3 is 0 Å². The summed E-state index contributed by atoms with van der Waals surface area (Å²) < 4.78 is 0. The number of carbonyl (C=O) groups excluding carboxylic acids is 1. The number of terminal acetylenes is 1. The number of nitrogens with two attached hydrogens (primary N) is 1. The largest absolute Gasteiger partial charge is 0.366 e. The van der Waals surface area contributed by atoms with Gasteiger partial charge in [-0.25, -0.2) is 0 Å². The lowest BCUT2D eigenvalue weighted by Crippen LogP contribution is -2.05. The molecule has 0 aromatic heterocycles. The van der Waals surface area contributed by atoms with Crippen molar-refractivity contribution >= 4 is 12.0 Å². The summed E-state index contributed by atoms with van der Waals surface area (Å²) >= 11 is 0. The molecule has 13 heavy (non-hydrogen) atoms. The normalized spacial score (nSPS) is 9.77. The highest BCUT2D eigenvalue weighted by Crippen LogP contribution is 2.08. The van der Waals surface area contributed by atoms with E-state index in [1.807, 2.05) is 18.2 Å². The quantitative estimate of drug-likeness (QED) is 0.526. The molecule has 2 nitrogen and oxygen atoms in total. The van der Waals surface area contributed by atoms with Gasteiger partial charge in [-0.3, -0.25) is 4.79 Å². The number of rotatable bonds is 2. The number of benzene rings is 1. The summed E-state index contributed by atoms with van der Waals surface area (Å²) in [6.45, 7) is 0. The molecule has 2 N–H and O–H groups in total. The molecule has 0 aliphatic carbocycles. The van der Waals surface area contributed by atoms with Crippen molar-refractivity contribution in [3.05, 3.63) is 41.5 Å². The van der Waals surface area contributed by atoms with Crippen LogP contribution in [-0.4, -0.2) is 5.91 Å². The van der Waals surface area contributed by atoms with Gasteiger partial charge in [0.2, 0.25) is 5.91 Å². The summed E-state index contributed by atoms with van der Waals surface area (Å²) in [4.78, 5) is 10.5. The van der Waals surface area contributed by atoms with Crippen molar-refractivity contribution in [1.29, 1.82) is 0 Å². The maximum atomic E-state index is 10.5. The average molecular weight is 171 g/mol. The molecule has 0 aliphatic heterocycles. The van der Waals surface area contributed by atoms with Crippen molar-refractivity contribution in [2.75, 3.05) is 0 Å². The van der Waals surface area contributed by atoms with Crippen LogP contribution in [0, 0.1) is 12.3 Å². The molecule has 0 heterocycles. The Morgan fingerprint density at radius 2 is 2.15 bits per heavy atom. The van der Waals surface area contributed by atoms with Gasteiger partial charge < -0.3 is 5.73 Å². The highest BCUT2D eigenvalue weighted by molar-refractivity contribution is 5.90. The second-order valence-corrected chi connectivity index (χ2v) is 2.47. The third-order valence-corrected chi connectivity index (χ3v) is 1.54. The molecule has 0 saturated carbocycles. The lowest BCUT2D eigenvalue weighted by atomic mass is 10.1. The van der Waals surface area contributed by atoms with Crippen LogP contribution < -0.4 is 5.73 Å². The van der Waals surface area contributed by atoms with Gasteiger partial charge in [0.05, 0.1) is 0 Å². The second kappa shape index (κ2) is 4.13. The number of carbonyl (C=O) groups is 1. The van der Waals surface area contributed by atoms with Gasteiger partial charge in [0, 0.05) is 11.6 Å². The van der Waals surface area contributed by atoms with E-state index < -0.39 is 5.91 Å². The first-order valence-corrected chi connectivity index (χ1v) is 3.77. The van der Waals surface area contributed by atoms with E-state index in [4.69, 9.17) is 12.2 Å². The molecule has 0 spiro atoms. The third kappa shape index (κ3) is 2.49. The van der Waals surface area contributed by atoms with Crippen LogP contribution in [0.5, 0.6) is 0 Å². The average Bonchev–Trinajstić information content (AvgIpc) is 2.15. The lowest BCUT2D eigenvalue weighted by molar-refractivity contribution is -0.113. The molecular formula is C11H9NO. The van der Waals surface area contributed by atoms with Crippen LogP contribution in [0.4, 0.5) is 0 Å². The van der Waals surface area contributed by atoms with Gasteiger partial charge in [0.25, 0.3) is 0 Å². The van der Waals surface area contributed by atoms with Crippen molar-refractivity contribution in [3.63, 3.8) is 0 Å². The van der Waals surface area contributed by atoms with E-state index in [-0.39, 0.29) is 0 Å². The summed E-state index contributed by atoms with van der Waals surface area (Å²) in [6.07, 6.45) is 8.15. The minimum atomic E-state index is -0.480. The van der Waals surface area contributed by atoms with E-state index in [9.17, 15) is 4.79 Å². The summed E-state index contributed by atoms with van der Waals surface area (Å²) in [5.74, 6) is 2.04. The first-order valence-electron chi connectivity index (χ1n) is 3.77. The fourth-order valence-electron chi connectivity index (χ4n) is 0.946. The van der Waals surface area contributed by atoms with E-state index in [0.29, 0.717) is 0 Å². The molecule has 1 amide bonds. The van der Waals surface area contributed by atoms with Gasteiger partial charge in [-0.05, 0) is 17.7 Å². The zero-order chi connectivity index (χ0) is 9.68. The number of primary amides is 1. The summed E-state index contributed by atoms with van der Waals surface area (Å²) in [6, 6.07) is 7.33. The monoisotopic (exact) mass is 171 g/mol. The topological polar surface area (TPSA) is 43.1 Å². The third-order valence-electron chi connectivity index (χ3n) is 1.54. The standard InChI is InChI=1S/C11H9NO/c1-2-9-5-3-4-6-10(9)7-8-11(12)13/h1,3-8H,(H2,12,13). The molecule has 1 aromatic carbocycles. The van der Waals surface area contributed by atoms with Crippen molar-refractivity contribution in [2.24, 2.45) is 5.73 Å². The first-order chi connectivity index (χ1) is 6.24. The Labute approximate surface area is 77.1 Å². The molecule has 1 aromatic rings. The van der Waals surface area contributed by atoms with E-state index in [2.05, 4.69) is 5.92 Å². The molecule has 0 radical (unpaired) electrons. The highest BCUT2D eigenvalue weighted by atomic mass is 16.1. The van der Waals surface area contributed by atoms with Crippen molar-refractivity contribution in [1.82, 2.24) is 0 Å². The van der Waals surface area contributed by atoms with Gasteiger partial charge in [-0.2, -0.15) is 0 Å². The van der Waals surface area contributed by atoms with E-state index in [1.165, 1.54) is 6.08 Å². The Balaban J connectivity index is 3.02. The maximum Gasteiger partial charge on any atom is 0.241 e. The van der Waals surface area contributed by atoms with Gasteiger partial charge in [-0.1, -0.05) is 24.1 Å². The Morgan fingerprint density at radius 3 is 2.77 bits per heavy atom. The van der Waals surface area contributed by atoms with Crippen molar-refractivity contribution < 1.29 is 4.79 Å².